The van der Waals surface area contributed by atoms with Gasteiger partial charge in [-0.2, -0.15) is 13.5 Å². The van der Waals surface area contributed by atoms with Gasteiger partial charge >= 0.3 is 0 Å². The van der Waals surface area contributed by atoms with E-state index in [1.165, 1.54) is 54.4 Å². The summed E-state index contributed by atoms with van der Waals surface area (Å²) in [4.78, 5) is 5.93. The average molecular weight is 288 g/mol. The lowest BCUT2D eigenvalue weighted by Crippen LogP contribution is -2.29. The molecule has 20 heavy (non-hydrogen) atoms. The van der Waals surface area contributed by atoms with Crippen LogP contribution >= 0.6 is 13.5 Å². The molecule has 1 aromatic heterocycles. The Balaban J connectivity index is 0.00000147. The van der Waals surface area contributed by atoms with Crippen molar-refractivity contribution in [2.75, 3.05) is 19.6 Å². The third kappa shape index (κ3) is 3.10. The standard InChI is InChI=1S/C17H22N2.H2S/c1-2-3-10-19-11-8-14(9-12-19)16-13-18-17-7-5-4-6-15(16)17;/h4-8,13,18H,2-3,9-12H2,1H3;1H2. The number of benzene rings is 1. The van der Waals surface area contributed by atoms with Gasteiger partial charge in [-0.3, -0.25) is 4.90 Å². The molecular weight excluding hydrogens is 264 g/mol. The van der Waals surface area contributed by atoms with Crippen molar-refractivity contribution in [1.29, 1.82) is 0 Å². The summed E-state index contributed by atoms with van der Waals surface area (Å²) in [7, 11) is 0. The molecule has 108 valence electrons. The minimum absolute atomic E-state index is 0. The van der Waals surface area contributed by atoms with Crippen molar-refractivity contribution < 1.29 is 0 Å². The van der Waals surface area contributed by atoms with E-state index >= 15 is 0 Å². The molecule has 0 bridgehead atoms. The summed E-state index contributed by atoms with van der Waals surface area (Å²) in [6, 6.07) is 8.57. The van der Waals surface area contributed by atoms with Crippen LogP contribution in [0.5, 0.6) is 0 Å². The van der Waals surface area contributed by atoms with E-state index in [4.69, 9.17) is 0 Å². The van der Waals surface area contributed by atoms with E-state index in [1.807, 2.05) is 0 Å². The number of para-hydroxylation sites is 1. The van der Waals surface area contributed by atoms with Crippen molar-refractivity contribution in [2.45, 2.75) is 26.2 Å². The zero-order valence-corrected chi connectivity index (χ0v) is 13.2. The molecule has 3 rings (SSSR count). The first-order valence-electron chi connectivity index (χ1n) is 7.36. The Morgan fingerprint density at radius 2 is 2.10 bits per heavy atom. The first-order chi connectivity index (χ1) is 9.38. The van der Waals surface area contributed by atoms with E-state index < -0.39 is 0 Å². The van der Waals surface area contributed by atoms with Crippen molar-refractivity contribution in [3.05, 3.63) is 42.1 Å². The summed E-state index contributed by atoms with van der Waals surface area (Å²) in [5.41, 5.74) is 4.14. The SMILES string of the molecule is CCCCN1CC=C(c2c[nH]c3ccccc23)CC1.S. The largest absolute Gasteiger partial charge is 0.361 e. The van der Waals surface area contributed by atoms with Gasteiger partial charge in [0.1, 0.15) is 0 Å². The highest BCUT2D eigenvalue weighted by atomic mass is 32.1. The Morgan fingerprint density at radius 3 is 2.85 bits per heavy atom. The molecule has 2 aromatic rings. The molecule has 1 aliphatic heterocycles. The molecular formula is C17H24N2S. The highest BCUT2D eigenvalue weighted by Crippen LogP contribution is 2.29. The Morgan fingerprint density at radius 1 is 1.25 bits per heavy atom. The smallest absolute Gasteiger partial charge is 0.0460 e. The van der Waals surface area contributed by atoms with Gasteiger partial charge in [0.15, 0.2) is 0 Å². The lowest BCUT2D eigenvalue weighted by molar-refractivity contribution is 0.297. The van der Waals surface area contributed by atoms with Gasteiger partial charge in [-0.25, -0.2) is 0 Å². The zero-order chi connectivity index (χ0) is 13.1. The number of nitrogens with one attached hydrogen (secondary N) is 1. The van der Waals surface area contributed by atoms with E-state index in [0.29, 0.717) is 0 Å². The van der Waals surface area contributed by atoms with Crippen molar-refractivity contribution in [2.24, 2.45) is 0 Å². The summed E-state index contributed by atoms with van der Waals surface area (Å²) < 4.78 is 0. The van der Waals surface area contributed by atoms with E-state index in [0.717, 1.165) is 6.54 Å². The Labute approximate surface area is 128 Å². The molecule has 0 unspecified atom stereocenters. The van der Waals surface area contributed by atoms with Gasteiger partial charge in [0.2, 0.25) is 0 Å². The molecule has 3 heteroatoms. The van der Waals surface area contributed by atoms with Crippen molar-refractivity contribution in [3.63, 3.8) is 0 Å². The fourth-order valence-electron chi connectivity index (χ4n) is 2.88. The van der Waals surface area contributed by atoms with Crippen LogP contribution < -0.4 is 0 Å². The first-order valence-corrected chi connectivity index (χ1v) is 7.36. The molecule has 2 heterocycles. The highest BCUT2D eigenvalue weighted by molar-refractivity contribution is 7.59. The third-order valence-electron chi connectivity index (χ3n) is 4.06. The van der Waals surface area contributed by atoms with Crippen LogP contribution in [-0.2, 0) is 0 Å². The third-order valence-corrected chi connectivity index (χ3v) is 4.06. The molecule has 0 atom stereocenters. The topological polar surface area (TPSA) is 19.0 Å². The molecule has 0 saturated heterocycles. The molecule has 1 aromatic carbocycles. The second-order valence-electron chi connectivity index (χ2n) is 5.38. The van der Waals surface area contributed by atoms with Crippen LogP contribution in [0.3, 0.4) is 0 Å². The minimum Gasteiger partial charge on any atom is -0.361 e. The highest BCUT2D eigenvalue weighted by Gasteiger charge is 2.14. The second-order valence-corrected chi connectivity index (χ2v) is 5.38. The molecule has 0 aliphatic carbocycles. The number of aromatic amines is 1. The van der Waals surface area contributed by atoms with Crippen LogP contribution in [0, 0.1) is 0 Å². The van der Waals surface area contributed by atoms with Crippen molar-refractivity contribution in [3.8, 4) is 0 Å². The van der Waals surface area contributed by atoms with Crippen LogP contribution in [0.25, 0.3) is 16.5 Å². The monoisotopic (exact) mass is 288 g/mol. The second kappa shape index (κ2) is 7.00. The van der Waals surface area contributed by atoms with Gasteiger partial charge in [-0.05, 0) is 31.0 Å². The molecule has 0 radical (unpaired) electrons. The average Bonchev–Trinajstić information content (AvgIpc) is 2.90. The van der Waals surface area contributed by atoms with Gasteiger partial charge in [-0.1, -0.05) is 37.6 Å². The van der Waals surface area contributed by atoms with Gasteiger partial charge in [0, 0.05) is 35.8 Å². The number of nitrogens with zero attached hydrogens (tertiary/aromatic N) is 1. The number of unbranched alkanes of at least 4 members (excludes halogenated alkanes) is 1. The minimum atomic E-state index is 0. The summed E-state index contributed by atoms with van der Waals surface area (Å²) in [6.45, 7) is 5.81. The number of H-pyrrole nitrogens is 1. The van der Waals surface area contributed by atoms with E-state index in [1.54, 1.807) is 0 Å². The molecule has 1 N–H and O–H groups in total. The summed E-state index contributed by atoms with van der Waals surface area (Å²) in [5, 5.41) is 1.36. The Bertz CT molecular complexity index is 585. The summed E-state index contributed by atoms with van der Waals surface area (Å²) in [6.07, 6.45) is 8.35. The van der Waals surface area contributed by atoms with Gasteiger partial charge in [0.05, 0.1) is 0 Å². The molecule has 0 amide bonds. The van der Waals surface area contributed by atoms with Crippen molar-refractivity contribution in [1.82, 2.24) is 9.88 Å². The number of rotatable bonds is 4. The van der Waals surface area contributed by atoms with E-state index in [-0.39, 0.29) is 13.5 Å². The quantitative estimate of drug-likeness (QED) is 0.894. The van der Waals surface area contributed by atoms with Crippen LogP contribution in [0.1, 0.15) is 31.7 Å². The lowest BCUT2D eigenvalue weighted by atomic mass is 9.99. The number of aromatic nitrogens is 1. The van der Waals surface area contributed by atoms with E-state index in [9.17, 15) is 0 Å². The van der Waals surface area contributed by atoms with Crippen LogP contribution in [0.4, 0.5) is 0 Å². The maximum Gasteiger partial charge on any atom is 0.0460 e. The number of hydrogen-bond acceptors (Lipinski definition) is 1. The van der Waals surface area contributed by atoms with Crippen LogP contribution in [0.15, 0.2) is 36.5 Å². The molecule has 2 nitrogen and oxygen atoms in total. The predicted octanol–water partition coefficient (Wildman–Crippen LogP) is 4.17. The molecule has 0 saturated carbocycles. The first kappa shape index (κ1) is 15.2. The number of hydrogen-bond donors (Lipinski definition) is 1. The Hall–Kier alpha value is -1.19. The summed E-state index contributed by atoms with van der Waals surface area (Å²) >= 11 is 0. The van der Waals surface area contributed by atoms with Crippen molar-refractivity contribution >= 4 is 30.0 Å². The normalized spacial score (nSPS) is 15.9. The van der Waals surface area contributed by atoms with Gasteiger partial charge in [-0.15, -0.1) is 0 Å². The maximum atomic E-state index is 3.38. The fourth-order valence-corrected chi connectivity index (χ4v) is 2.88. The fraction of sp³-hybridized carbons (Fsp3) is 0.412. The van der Waals surface area contributed by atoms with Crippen LogP contribution in [-0.4, -0.2) is 29.5 Å². The van der Waals surface area contributed by atoms with Crippen LogP contribution in [0.2, 0.25) is 0 Å². The number of fused-ring (bicyclic) bond motifs is 1. The predicted molar refractivity (Wildman–Crippen MR) is 92.6 cm³/mol. The molecule has 1 aliphatic rings. The van der Waals surface area contributed by atoms with Gasteiger partial charge in [0.25, 0.3) is 0 Å². The van der Waals surface area contributed by atoms with Gasteiger partial charge < -0.3 is 4.98 Å². The summed E-state index contributed by atoms with van der Waals surface area (Å²) in [5.74, 6) is 0. The maximum absolute atomic E-state index is 3.38. The van der Waals surface area contributed by atoms with E-state index in [2.05, 4.69) is 53.3 Å². The molecule has 0 fully saturated rings. The molecule has 0 spiro atoms. The zero-order valence-electron chi connectivity index (χ0n) is 12.2. The lowest BCUT2D eigenvalue weighted by Gasteiger charge is -2.26. The Kier molecular flexibility index (Phi) is 5.32.